The second-order valence-electron chi connectivity index (χ2n) is 6.31. The van der Waals surface area contributed by atoms with Crippen LogP contribution in [0.5, 0.6) is 0 Å². The van der Waals surface area contributed by atoms with E-state index in [4.69, 9.17) is 5.73 Å². The van der Waals surface area contributed by atoms with Crippen molar-refractivity contribution in [1.82, 2.24) is 23.9 Å². The molecule has 1 aliphatic heterocycles. The number of imidazole rings is 1. The zero-order chi connectivity index (χ0) is 18.5. The van der Waals surface area contributed by atoms with Gasteiger partial charge >= 0.3 is 0 Å². The van der Waals surface area contributed by atoms with E-state index in [1.807, 2.05) is 6.92 Å². The van der Waals surface area contributed by atoms with Gasteiger partial charge in [-0.2, -0.15) is 9.40 Å². The Balaban J connectivity index is 1.83. The van der Waals surface area contributed by atoms with Crippen molar-refractivity contribution in [3.63, 3.8) is 0 Å². The summed E-state index contributed by atoms with van der Waals surface area (Å²) in [7, 11) is -3.68. The third-order valence-corrected chi connectivity index (χ3v) is 6.44. The molecule has 0 amide bonds. The number of aliphatic hydroxyl groups is 1. The minimum atomic E-state index is -3.68. The number of fused-ring (bicyclic) bond motifs is 1. The lowest BCUT2D eigenvalue weighted by Gasteiger charge is -2.17. The van der Waals surface area contributed by atoms with Gasteiger partial charge in [0.2, 0.25) is 10.0 Å². The summed E-state index contributed by atoms with van der Waals surface area (Å²) in [6.07, 6.45) is 2.75. The van der Waals surface area contributed by atoms with Crippen molar-refractivity contribution in [3.05, 3.63) is 36.3 Å². The number of anilines is 1. The maximum atomic E-state index is 12.9. The first-order chi connectivity index (χ1) is 12.4. The number of hydrogen-bond acceptors (Lipinski definition) is 7. The molecule has 4 rings (SSSR count). The average Bonchev–Trinajstić information content (AvgIpc) is 3.23. The number of nitrogens with zero attached hydrogens (tertiary/aromatic N) is 5. The van der Waals surface area contributed by atoms with Crippen LogP contribution in [0.15, 0.2) is 35.6 Å². The number of sulfonamides is 1. The minimum absolute atomic E-state index is 0.116. The largest absolute Gasteiger partial charge is 0.392 e. The predicted molar refractivity (Wildman–Crippen MR) is 94.8 cm³/mol. The molecule has 9 nitrogen and oxygen atoms in total. The van der Waals surface area contributed by atoms with Crippen LogP contribution in [0.2, 0.25) is 0 Å². The highest BCUT2D eigenvalue weighted by molar-refractivity contribution is 7.89. The maximum Gasteiger partial charge on any atom is 0.243 e. The molecule has 0 bridgehead atoms. The van der Waals surface area contributed by atoms with Crippen LogP contribution >= 0.6 is 0 Å². The second-order valence-corrected chi connectivity index (χ2v) is 8.24. The van der Waals surface area contributed by atoms with Crippen LogP contribution in [-0.4, -0.2) is 56.6 Å². The fourth-order valence-corrected chi connectivity index (χ4v) is 4.65. The molecule has 1 aromatic carbocycles. The van der Waals surface area contributed by atoms with Crippen molar-refractivity contribution < 1.29 is 13.5 Å². The van der Waals surface area contributed by atoms with Crippen molar-refractivity contribution in [2.24, 2.45) is 0 Å². The monoisotopic (exact) mass is 374 g/mol. The van der Waals surface area contributed by atoms with Crippen molar-refractivity contribution in [1.29, 1.82) is 0 Å². The fraction of sp³-hybridized carbons (Fsp3) is 0.312. The maximum absolute atomic E-state index is 12.9. The third-order valence-electron chi connectivity index (χ3n) is 4.58. The van der Waals surface area contributed by atoms with Crippen molar-refractivity contribution in [3.8, 4) is 11.3 Å². The van der Waals surface area contributed by atoms with E-state index in [1.165, 1.54) is 10.6 Å². The van der Waals surface area contributed by atoms with E-state index in [0.717, 1.165) is 5.56 Å². The van der Waals surface area contributed by atoms with E-state index in [-0.39, 0.29) is 17.3 Å². The lowest BCUT2D eigenvalue weighted by molar-refractivity contribution is 0.189. The number of β-amino-alcohol motifs (C(OH)–C–C–N with tert-alkyl or cyclic N) is 1. The van der Waals surface area contributed by atoms with E-state index < -0.39 is 16.1 Å². The van der Waals surface area contributed by atoms with Crippen LogP contribution in [0.25, 0.3) is 16.9 Å². The molecule has 3 N–H and O–H groups in total. The van der Waals surface area contributed by atoms with Gasteiger partial charge in [0.05, 0.1) is 22.9 Å². The van der Waals surface area contributed by atoms with Crippen LogP contribution in [-0.2, 0) is 10.0 Å². The van der Waals surface area contributed by atoms with Crippen LogP contribution in [0.3, 0.4) is 0 Å². The molecule has 1 aliphatic rings. The van der Waals surface area contributed by atoms with E-state index in [0.29, 0.717) is 29.9 Å². The number of hydrogen-bond donors (Lipinski definition) is 2. The van der Waals surface area contributed by atoms with Gasteiger partial charge in [0.15, 0.2) is 11.5 Å². The SMILES string of the molecule is Cc1ccc(S(=O)(=O)N2CCC(O)C2)cc1-c1cnc2c(N)ncnn12. The van der Waals surface area contributed by atoms with Crippen LogP contribution in [0.4, 0.5) is 5.82 Å². The minimum Gasteiger partial charge on any atom is -0.392 e. The summed E-state index contributed by atoms with van der Waals surface area (Å²) >= 11 is 0. The van der Waals surface area contributed by atoms with Gasteiger partial charge < -0.3 is 10.8 Å². The van der Waals surface area contributed by atoms with Crippen molar-refractivity contribution in [2.75, 3.05) is 18.8 Å². The molecular formula is C16H18N6O3S. The zero-order valence-electron chi connectivity index (χ0n) is 14.1. The van der Waals surface area contributed by atoms with Gasteiger partial charge in [-0.3, -0.25) is 0 Å². The van der Waals surface area contributed by atoms with Gasteiger partial charge in [0.25, 0.3) is 0 Å². The van der Waals surface area contributed by atoms with Gasteiger partial charge in [0, 0.05) is 18.7 Å². The molecule has 1 fully saturated rings. The second kappa shape index (κ2) is 6.01. The molecule has 2 aromatic heterocycles. The van der Waals surface area contributed by atoms with Gasteiger partial charge in [-0.15, -0.1) is 0 Å². The Morgan fingerprint density at radius 1 is 1.31 bits per heavy atom. The quantitative estimate of drug-likeness (QED) is 0.681. The molecule has 3 aromatic rings. The Labute approximate surface area is 150 Å². The van der Waals surface area contributed by atoms with Crippen LogP contribution < -0.4 is 5.73 Å². The third kappa shape index (κ3) is 2.62. The van der Waals surface area contributed by atoms with Crippen LogP contribution in [0.1, 0.15) is 12.0 Å². The van der Waals surface area contributed by atoms with Crippen LogP contribution in [0, 0.1) is 6.92 Å². The number of nitrogen functional groups attached to an aromatic ring is 1. The molecule has 0 saturated carbocycles. The molecular weight excluding hydrogens is 356 g/mol. The molecule has 0 aliphatic carbocycles. The summed E-state index contributed by atoms with van der Waals surface area (Å²) in [6.45, 7) is 2.31. The Morgan fingerprint density at radius 3 is 2.85 bits per heavy atom. The van der Waals surface area contributed by atoms with Gasteiger partial charge in [0.1, 0.15) is 6.33 Å². The van der Waals surface area contributed by atoms with E-state index in [2.05, 4.69) is 15.1 Å². The number of aliphatic hydroxyl groups excluding tert-OH is 1. The Bertz CT molecular complexity index is 1090. The average molecular weight is 374 g/mol. The normalized spacial score (nSPS) is 18.6. The summed E-state index contributed by atoms with van der Waals surface area (Å²) in [4.78, 5) is 8.32. The number of benzene rings is 1. The zero-order valence-corrected chi connectivity index (χ0v) is 14.9. The topological polar surface area (TPSA) is 127 Å². The molecule has 26 heavy (non-hydrogen) atoms. The van der Waals surface area contributed by atoms with E-state index in [9.17, 15) is 13.5 Å². The fourth-order valence-electron chi connectivity index (χ4n) is 3.13. The molecule has 3 heterocycles. The smallest absolute Gasteiger partial charge is 0.243 e. The number of aromatic nitrogens is 4. The first kappa shape index (κ1) is 16.9. The lowest BCUT2D eigenvalue weighted by Crippen LogP contribution is -2.29. The number of rotatable bonds is 3. The van der Waals surface area contributed by atoms with Gasteiger partial charge in [-0.25, -0.2) is 22.9 Å². The molecule has 1 unspecified atom stereocenters. The number of nitrogens with two attached hydrogens (primary N) is 1. The molecule has 136 valence electrons. The van der Waals surface area contributed by atoms with E-state index in [1.54, 1.807) is 28.9 Å². The van der Waals surface area contributed by atoms with Gasteiger partial charge in [-0.1, -0.05) is 6.07 Å². The summed E-state index contributed by atoms with van der Waals surface area (Å²) in [5.74, 6) is 0.249. The molecule has 0 spiro atoms. The first-order valence-electron chi connectivity index (χ1n) is 8.11. The Kier molecular flexibility index (Phi) is 3.90. The van der Waals surface area contributed by atoms with Crippen molar-refractivity contribution >= 4 is 21.5 Å². The molecule has 10 heteroatoms. The molecule has 1 saturated heterocycles. The summed E-state index contributed by atoms with van der Waals surface area (Å²) in [5.41, 5.74) is 8.43. The Hall–Kier alpha value is -2.56. The highest BCUT2D eigenvalue weighted by Gasteiger charge is 2.32. The summed E-state index contributed by atoms with van der Waals surface area (Å²) in [5, 5.41) is 13.8. The highest BCUT2D eigenvalue weighted by Crippen LogP contribution is 2.29. The highest BCUT2D eigenvalue weighted by atomic mass is 32.2. The molecule has 0 radical (unpaired) electrons. The lowest BCUT2D eigenvalue weighted by atomic mass is 10.1. The van der Waals surface area contributed by atoms with Gasteiger partial charge in [-0.05, 0) is 31.0 Å². The summed E-state index contributed by atoms with van der Waals surface area (Å²) < 4.78 is 28.6. The van der Waals surface area contributed by atoms with E-state index >= 15 is 0 Å². The predicted octanol–water partition coefficient (Wildman–Crippen LogP) is 0.437. The van der Waals surface area contributed by atoms with Crippen molar-refractivity contribution in [2.45, 2.75) is 24.3 Å². The Morgan fingerprint density at radius 2 is 2.12 bits per heavy atom. The number of aryl methyl sites for hydroxylation is 1. The molecule has 1 atom stereocenters. The standard InChI is InChI=1S/C16H18N6O3S/c1-10-2-3-12(26(24,25)21-5-4-11(23)8-21)6-13(10)14-7-18-16-15(17)19-9-20-22(14)16/h2-3,6-7,9,11,23H,4-5,8H2,1H3,(H2,17,19,20). The summed E-state index contributed by atoms with van der Waals surface area (Å²) in [6, 6.07) is 4.93. The first-order valence-corrected chi connectivity index (χ1v) is 9.55.